The summed E-state index contributed by atoms with van der Waals surface area (Å²) >= 11 is 12.2. The van der Waals surface area contributed by atoms with Gasteiger partial charge in [-0.2, -0.15) is 13.2 Å². The number of benzene rings is 2. The number of likely N-dealkylation sites (tertiary alicyclic amines) is 1. The Kier molecular flexibility index (Phi) is 9.97. The monoisotopic (exact) mass is 494 g/mol. The summed E-state index contributed by atoms with van der Waals surface area (Å²) in [7, 11) is 1.92. The standard InChI is InChI=1S/C23H27Cl2F3N2.ClH/c1-29-15-18(17-6-7-21(24)22(25)14-17)10-13-30-11-8-16(9-12-30)19-4-2-3-5-20(19)23(26,27)28;/h2-7,14,16,18,29H,8-13,15H2,1H3;1H. The van der Waals surface area contributed by atoms with Crippen LogP contribution >= 0.6 is 35.6 Å². The topological polar surface area (TPSA) is 15.3 Å². The van der Waals surface area contributed by atoms with Crippen molar-refractivity contribution in [3.05, 3.63) is 69.2 Å². The summed E-state index contributed by atoms with van der Waals surface area (Å²) in [5.74, 6) is 0.260. The van der Waals surface area contributed by atoms with Crippen LogP contribution in [0, 0.1) is 0 Å². The Morgan fingerprint density at radius 3 is 2.35 bits per heavy atom. The van der Waals surface area contributed by atoms with Gasteiger partial charge in [0.1, 0.15) is 0 Å². The van der Waals surface area contributed by atoms with Crippen LogP contribution in [0.1, 0.15) is 47.8 Å². The summed E-state index contributed by atoms with van der Waals surface area (Å²) in [4.78, 5) is 2.35. The molecule has 2 nitrogen and oxygen atoms in total. The van der Waals surface area contributed by atoms with Crippen LogP contribution in [0.3, 0.4) is 0 Å². The van der Waals surface area contributed by atoms with Crippen molar-refractivity contribution in [3.8, 4) is 0 Å². The first-order valence-corrected chi connectivity index (χ1v) is 11.0. The lowest BCUT2D eigenvalue weighted by Crippen LogP contribution is -2.35. The second kappa shape index (κ2) is 11.8. The van der Waals surface area contributed by atoms with Crippen LogP contribution in [0.5, 0.6) is 0 Å². The normalized spacial score (nSPS) is 16.7. The van der Waals surface area contributed by atoms with Crippen LogP contribution < -0.4 is 5.32 Å². The van der Waals surface area contributed by atoms with Crippen LogP contribution in [0.15, 0.2) is 42.5 Å². The number of nitrogens with zero attached hydrogens (tertiary/aromatic N) is 1. The van der Waals surface area contributed by atoms with E-state index in [0.29, 0.717) is 21.5 Å². The Bertz CT molecular complexity index is 837. The molecular formula is C23H28Cl3F3N2. The molecule has 8 heteroatoms. The van der Waals surface area contributed by atoms with Crippen LogP contribution in [-0.2, 0) is 6.18 Å². The van der Waals surface area contributed by atoms with Crippen molar-refractivity contribution in [3.63, 3.8) is 0 Å². The Hall–Kier alpha value is -0.980. The van der Waals surface area contributed by atoms with Crippen molar-refractivity contribution in [1.29, 1.82) is 0 Å². The van der Waals surface area contributed by atoms with E-state index < -0.39 is 11.7 Å². The molecule has 0 bridgehead atoms. The van der Waals surface area contributed by atoms with Crippen LogP contribution in [0.25, 0.3) is 0 Å². The lowest BCUT2D eigenvalue weighted by molar-refractivity contribution is -0.138. The minimum Gasteiger partial charge on any atom is -0.319 e. The second-order valence-electron chi connectivity index (χ2n) is 7.92. The molecule has 0 saturated carbocycles. The van der Waals surface area contributed by atoms with Gasteiger partial charge < -0.3 is 10.2 Å². The summed E-state index contributed by atoms with van der Waals surface area (Å²) in [5.41, 5.74) is 1.10. The molecule has 1 fully saturated rings. The van der Waals surface area contributed by atoms with E-state index in [2.05, 4.69) is 10.2 Å². The number of rotatable bonds is 7. The van der Waals surface area contributed by atoms with Crippen LogP contribution in [0.2, 0.25) is 10.0 Å². The van der Waals surface area contributed by atoms with E-state index in [-0.39, 0.29) is 18.3 Å². The zero-order chi connectivity index (χ0) is 21.7. The van der Waals surface area contributed by atoms with Gasteiger partial charge in [-0.3, -0.25) is 0 Å². The second-order valence-corrected chi connectivity index (χ2v) is 8.73. The van der Waals surface area contributed by atoms with Crippen molar-refractivity contribution in [2.24, 2.45) is 0 Å². The quantitative estimate of drug-likeness (QED) is 0.444. The number of nitrogens with one attached hydrogen (secondary N) is 1. The molecular weight excluding hydrogens is 468 g/mol. The highest BCUT2D eigenvalue weighted by molar-refractivity contribution is 6.42. The third-order valence-electron chi connectivity index (χ3n) is 5.95. The minimum absolute atomic E-state index is 0. The average molecular weight is 496 g/mol. The fraction of sp³-hybridized carbons (Fsp3) is 0.478. The Labute approximate surface area is 198 Å². The smallest absolute Gasteiger partial charge is 0.319 e. The number of hydrogen-bond acceptors (Lipinski definition) is 2. The molecule has 0 aromatic heterocycles. The lowest BCUT2D eigenvalue weighted by atomic mass is 9.86. The minimum atomic E-state index is -4.30. The van der Waals surface area contributed by atoms with Gasteiger partial charge in [0, 0.05) is 6.54 Å². The first-order chi connectivity index (χ1) is 14.3. The molecule has 0 radical (unpaired) electrons. The van der Waals surface area contributed by atoms with Crippen molar-refractivity contribution in [2.75, 3.05) is 33.2 Å². The maximum absolute atomic E-state index is 13.3. The van der Waals surface area contributed by atoms with Crippen LogP contribution in [0.4, 0.5) is 13.2 Å². The molecule has 0 aliphatic carbocycles. The van der Waals surface area contributed by atoms with Gasteiger partial charge in [0.15, 0.2) is 0 Å². The molecule has 1 aliphatic rings. The summed E-state index contributed by atoms with van der Waals surface area (Å²) in [5, 5.41) is 4.34. The zero-order valence-corrected chi connectivity index (χ0v) is 19.7. The summed E-state index contributed by atoms with van der Waals surface area (Å²) in [6.07, 6.45) is -1.86. The highest BCUT2D eigenvalue weighted by atomic mass is 35.5. The molecule has 2 aromatic rings. The number of halogens is 6. The number of piperidine rings is 1. The van der Waals surface area contributed by atoms with Gasteiger partial charge in [0.2, 0.25) is 0 Å². The molecule has 2 aromatic carbocycles. The average Bonchev–Trinajstić information content (AvgIpc) is 2.73. The highest BCUT2D eigenvalue weighted by Gasteiger charge is 2.35. The predicted octanol–water partition coefficient (Wildman–Crippen LogP) is 7.01. The Balaban J connectivity index is 0.00000341. The highest BCUT2D eigenvalue weighted by Crippen LogP contribution is 2.38. The molecule has 1 N–H and O–H groups in total. The number of likely N-dealkylation sites (N-methyl/N-ethyl adjacent to an activating group) is 1. The van der Waals surface area contributed by atoms with Gasteiger partial charge in [-0.15, -0.1) is 12.4 Å². The van der Waals surface area contributed by atoms with Gasteiger partial charge in [-0.25, -0.2) is 0 Å². The molecule has 0 amide bonds. The summed E-state index contributed by atoms with van der Waals surface area (Å²) < 4.78 is 40.0. The van der Waals surface area contributed by atoms with E-state index in [1.807, 2.05) is 25.2 Å². The molecule has 1 heterocycles. The SMILES string of the molecule is CNCC(CCN1CCC(c2ccccc2C(F)(F)F)CC1)c1ccc(Cl)c(Cl)c1.Cl. The Morgan fingerprint density at radius 2 is 1.74 bits per heavy atom. The van der Waals surface area contributed by atoms with E-state index in [9.17, 15) is 13.2 Å². The molecule has 1 saturated heterocycles. The molecule has 31 heavy (non-hydrogen) atoms. The van der Waals surface area contributed by atoms with Gasteiger partial charge in [-0.1, -0.05) is 47.5 Å². The zero-order valence-electron chi connectivity index (χ0n) is 17.4. The number of alkyl halides is 3. The lowest BCUT2D eigenvalue weighted by Gasteiger charge is -2.34. The Morgan fingerprint density at radius 1 is 1.06 bits per heavy atom. The summed E-state index contributed by atoms with van der Waals surface area (Å²) in [6, 6.07) is 11.8. The molecule has 1 aliphatic heterocycles. The maximum Gasteiger partial charge on any atom is 0.416 e. The molecule has 1 atom stereocenters. The first-order valence-electron chi connectivity index (χ1n) is 10.3. The predicted molar refractivity (Wildman–Crippen MR) is 125 cm³/mol. The molecule has 172 valence electrons. The van der Waals surface area contributed by atoms with Crippen molar-refractivity contribution in [2.45, 2.75) is 37.3 Å². The third-order valence-corrected chi connectivity index (χ3v) is 6.69. The largest absolute Gasteiger partial charge is 0.416 e. The molecule has 3 rings (SSSR count). The van der Waals surface area contributed by atoms with E-state index in [1.54, 1.807) is 12.1 Å². The van der Waals surface area contributed by atoms with E-state index >= 15 is 0 Å². The van der Waals surface area contributed by atoms with E-state index in [0.717, 1.165) is 51.0 Å². The van der Waals surface area contributed by atoms with Gasteiger partial charge >= 0.3 is 6.18 Å². The van der Waals surface area contributed by atoms with Crippen molar-refractivity contribution in [1.82, 2.24) is 10.2 Å². The summed E-state index contributed by atoms with van der Waals surface area (Å²) in [6.45, 7) is 3.35. The fourth-order valence-electron chi connectivity index (χ4n) is 4.32. The molecule has 0 spiro atoms. The van der Waals surface area contributed by atoms with E-state index in [1.165, 1.54) is 12.1 Å². The van der Waals surface area contributed by atoms with Gasteiger partial charge in [-0.05, 0) is 87.1 Å². The molecule has 1 unspecified atom stereocenters. The van der Waals surface area contributed by atoms with Crippen molar-refractivity contribution < 1.29 is 13.2 Å². The maximum atomic E-state index is 13.3. The first kappa shape index (κ1) is 26.3. The van der Waals surface area contributed by atoms with Gasteiger partial charge in [0.25, 0.3) is 0 Å². The van der Waals surface area contributed by atoms with E-state index in [4.69, 9.17) is 23.2 Å². The van der Waals surface area contributed by atoms with Gasteiger partial charge in [0.05, 0.1) is 15.6 Å². The third kappa shape index (κ3) is 7.00. The van der Waals surface area contributed by atoms with Crippen LogP contribution in [-0.4, -0.2) is 38.1 Å². The van der Waals surface area contributed by atoms with Crippen molar-refractivity contribution >= 4 is 35.6 Å². The number of hydrogen-bond donors (Lipinski definition) is 1. The fourth-order valence-corrected chi connectivity index (χ4v) is 4.62.